The van der Waals surface area contributed by atoms with E-state index in [0.717, 1.165) is 5.56 Å². The van der Waals surface area contributed by atoms with Gasteiger partial charge in [0, 0.05) is 10.7 Å². The monoisotopic (exact) mass is 422 g/mol. The van der Waals surface area contributed by atoms with Crippen LogP contribution in [0.3, 0.4) is 0 Å². The fourth-order valence-corrected chi connectivity index (χ4v) is 3.19. The van der Waals surface area contributed by atoms with Crippen molar-refractivity contribution in [1.82, 2.24) is 0 Å². The summed E-state index contributed by atoms with van der Waals surface area (Å²) < 4.78 is 0. The summed E-state index contributed by atoms with van der Waals surface area (Å²) in [7, 11) is 0. The number of alkyl halides is 2. The third-order valence-corrected chi connectivity index (χ3v) is 4.29. The second-order valence-corrected chi connectivity index (χ2v) is 6.09. The maximum absolute atomic E-state index is 10.7. The van der Waals surface area contributed by atoms with Crippen LogP contribution in [0.5, 0.6) is 0 Å². The number of halogens is 2. The number of carboxylic acid groups (broad SMARTS) is 2. The molecule has 2 N–H and O–H groups in total. The molecule has 0 amide bonds. The lowest BCUT2D eigenvalue weighted by molar-refractivity contribution is -0.142. The number of benzene rings is 1. The average Bonchev–Trinajstić information content (AvgIpc) is 2.41. The Balaban J connectivity index is 0.000000400. The Morgan fingerprint density at radius 3 is 1.76 bits per heavy atom. The predicted molar refractivity (Wildman–Crippen MR) is 90.4 cm³/mol. The predicted octanol–water partition coefficient (Wildman–Crippen LogP) is 3.99. The summed E-state index contributed by atoms with van der Waals surface area (Å²) >= 11 is 6.31. The molecule has 0 heterocycles. The Morgan fingerprint density at radius 1 is 1.00 bits per heavy atom. The average molecular weight is 424 g/mol. The van der Waals surface area contributed by atoms with Gasteiger partial charge in [-0.25, -0.2) is 0 Å². The Bertz CT molecular complexity index is 435. The minimum absolute atomic E-state index is 0.210. The smallest absolute Gasteiger partial charge is 0.311 e. The van der Waals surface area contributed by atoms with Crippen LogP contribution in [0.1, 0.15) is 25.3 Å². The van der Waals surface area contributed by atoms with Crippen molar-refractivity contribution < 1.29 is 19.8 Å². The number of rotatable bonds is 6. The lowest BCUT2D eigenvalue weighted by Crippen LogP contribution is -2.20. The maximum Gasteiger partial charge on any atom is 0.311 e. The molecule has 118 valence electrons. The number of carboxylic acids is 2. The van der Waals surface area contributed by atoms with Gasteiger partial charge in [-0.15, -0.1) is 0 Å². The number of hydrogen-bond donors (Lipinski definition) is 2. The molecule has 0 spiro atoms. The first-order chi connectivity index (χ1) is 9.84. The fourth-order valence-electron chi connectivity index (χ4n) is 1.51. The summed E-state index contributed by atoms with van der Waals surface area (Å²) in [4.78, 5) is 21.0. The van der Waals surface area contributed by atoms with E-state index in [1.165, 1.54) is 0 Å². The topological polar surface area (TPSA) is 74.6 Å². The molecule has 0 aromatic heterocycles. The van der Waals surface area contributed by atoms with E-state index in [1.54, 1.807) is 0 Å². The third-order valence-electron chi connectivity index (χ3n) is 2.94. The van der Waals surface area contributed by atoms with Crippen LogP contribution in [0.25, 0.3) is 0 Å². The number of aliphatic carboxylic acids is 2. The highest BCUT2D eigenvalue weighted by Crippen LogP contribution is 2.17. The van der Waals surface area contributed by atoms with Gasteiger partial charge in [0.05, 0.1) is 11.8 Å². The van der Waals surface area contributed by atoms with E-state index in [2.05, 4.69) is 31.9 Å². The van der Waals surface area contributed by atoms with Crippen LogP contribution < -0.4 is 0 Å². The lowest BCUT2D eigenvalue weighted by atomic mass is 9.99. The Hall–Kier alpha value is -0.880. The molecular formula is C15H20Br2O4. The van der Waals surface area contributed by atoms with Crippen LogP contribution in [0.2, 0.25) is 0 Å². The van der Waals surface area contributed by atoms with Crippen LogP contribution in [-0.4, -0.2) is 32.8 Å². The van der Waals surface area contributed by atoms with E-state index in [9.17, 15) is 9.59 Å². The Kier molecular flexibility index (Phi) is 10.3. The zero-order valence-corrected chi connectivity index (χ0v) is 15.2. The first kappa shape index (κ1) is 20.1. The molecule has 0 saturated heterocycles. The molecule has 0 fully saturated rings. The Morgan fingerprint density at radius 2 is 1.52 bits per heavy atom. The zero-order chi connectivity index (χ0) is 16.4. The highest BCUT2D eigenvalue weighted by atomic mass is 79.9. The van der Waals surface area contributed by atoms with E-state index in [-0.39, 0.29) is 11.8 Å². The largest absolute Gasteiger partial charge is 0.481 e. The van der Waals surface area contributed by atoms with Gasteiger partial charge in [0.1, 0.15) is 0 Å². The van der Waals surface area contributed by atoms with E-state index in [4.69, 9.17) is 10.2 Å². The van der Waals surface area contributed by atoms with Crippen molar-refractivity contribution in [3.8, 4) is 0 Å². The second kappa shape index (κ2) is 10.8. The molecule has 4 nitrogen and oxygen atoms in total. The highest BCUT2D eigenvalue weighted by molar-refractivity contribution is 9.09. The van der Waals surface area contributed by atoms with Crippen molar-refractivity contribution in [1.29, 1.82) is 0 Å². The zero-order valence-electron chi connectivity index (χ0n) is 12.0. The molecule has 0 aliphatic carbocycles. The molecule has 0 saturated carbocycles. The van der Waals surface area contributed by atoms with Crippen LogP contribution in [-0.2, 0) is 9.59 Å². The number of hydrogen-bond acceptors (Lipinski definition) is 2. The van der Waals surface area contributed by atoms with E-state index >= 15 is 0 Å². The molecule has 0 aliphatic heterocycles. The molecule has 2 atom stereocenters. The standard InChI is InChI=1S/C9H9BrO2.C6H11BrO2/c10-6-8(9(11)12)7-4-2-1-3-5-7;1-4(2)5(3-7)6(8)9/h1-5,8H,6H2,(H,11,12);4-5H,3H2,1-2H3,(H,8,9). The van der Waals surface area contributed by atoms with E-state index < -0.39 is 17.9 Å². The van der Waals surface area contributed by atoms with Crippen molar-refractivity contribution in [3.63, 3.8) is 0 Å². The maximum atomic E-state index is 10.7. The van der Waals surface area contributed by atoms with Gasteiger partial charge in [-0.1, -0.05) is 76.0 Å². The van der Waals surface area contributed by atoms with Gasteiger partial charge in [0.15, 0.2) is 0 Å². The minimum Gasteiger partial charge on any atom is -0.481 e. The van der Waals surface area contributed by atoms with Crippen molar-refractivity contribution in [2.75, 3.05) is 10.7 Å². The lowest BCUT2D eigenvalue weighted by Gasteiger charge is -2.11. The summed E-state index contributed by atoms with van der Waals surface area (Å²) in [6.07, 6.45) is 0. The molecule has 0 radical (unpaired) electrons. The first-order valence-electron chi connectivity index (χ1n) is 6.47. The SMILES string of the molecule is CC(C)C(CBr)C(=O)O.O=C(O)C(CBr)c1ccccc1. The fraction of sp³-hybridized carbons (Fsp3) is 0.467. The van der Waals surface area contributed by atoms with Gasteiger partial charge < -0.3 is 10.2 Å². The molecule has 1 aromatic rings. The van der Waals surface area contributed by atoms with Crippen LogP contribution >= 0.6 is 31.9 Å². The van der Waals surface area contributed by atoms with Crippen molar-refractivity contribution in [3.05, 3.63) is 35.9 Å². The number of carbonyl (C=O) groups is 2. The molecular weight excluding hydrogens is 404 g/mol. The highest BCUT2D eigenvalue weighted by Gasteiger charge is 2.19. The van der Waals surface area contributed by atoms with Crippen LogP contribution in [0.15, 0.2) is 30.3 Å². The van der Waals surface area contributed by atoms with Gasteiger partial charge in [-0.3, -0.25) is 9.59 Å². The molecule has 0 bridgehead atoms. The summed E-state index contributed by atoms with van der Waals surface area (Å²) in [5, 5.41) is 18.3. The molecule has 1 aromatic carbocycles. The van der Waals surface area contributed by atoms with Crippen LogP contribution in [0.4, 0.5) is 0 Å². The normalized spacial score (nSPS) is 13.0. The molecule has 2 unspecified atom stereocenters. The van der Waals surface area contributed by atoms with Gasteiger partial charge in [0.2, 0.25) is 0 Å². The first-order valence-corrected chi connectivity index (χ1v) is 8.71. The van der Waals surface area contributed by atoms with E-state index in [1.807, 2.05) is 44.2 Å². The van der Waals surface area contributed by atoms with Crippen LogP contribution in [0, 0.1) is 11.8 Å². The van der Waals surface area contributed by atoms with Crippen molar-refractivity contribution in [2.45, 2.75) is 19.8 Å². The Labute approximate surface area is 141 Å². The summed E-state index contributed by atoms with van der Waals surface area (Å²) in [6.45, 7) is 3.81. The van der Waals surface area contributed by atoms with Crippen molar-refractivity contribution >= 4 is 43.8 Å². The van der Waals surface area contributed by atoms with Gasteiger partial charge in [-0.2, -0.15) is 0 Å². The van der Waals surface area contributed by atoms with Gasteiger partial charge in [0.25, 0.3) is 0 Å². The van der Waals surface area contributed by atoms with Crippen molar-refractivity contribution in [2.24, 2.45) is 11.8 Å². The van der Waals surface area contributed by atoms with Gasteiger partial charge >= 0.3 is 11.9 Å². The summed E-state index contributed by atoms with van der Waals surface area (Å²) in [6, 6.07) is 9.19. The summed E-state index contributed by atoms with van der Waals surface area (Å²) in [5.41, 5.74) is 0.835. The third kappa shape index (κ3) is 7.62. The minimum atomic E-state index is -0.793. The van der Waals surface area contributed by atoms with Gasteiger partial charge in [-0.05, 0) is 11.5 Å². The second-order valence-electron chi connectivity index (χ2n) is 4.80. The molecule has 1 rings (SSSR count). The molecule has 6 heteroatoms. The van der Waals surface area contributed by atoms with E-state index in [0.29, 0.717) is 10.7 Å². The molecule has 0 aliphatic rings. The quantitative estimate of drug-likeness (QED) is 0.678. The summed E-state index contributed by atoms with van der Waals surface area (Å²) in [5.74, 6) is -1.99. The molecule has 21 heavy (non-hydrogen) atoms.